The molecule has 21 heteroatoms. The van der Waals surface area contributed by atoms with E-state index in [2.05, 4.69) is 11.9 Å². The molecule has 0 radical (unpaired) electrons. The zero-order chi connectivity index (χ0) is 41.1. The molecule has 2 fully saturated rings. The second-order valence-corrected chi connectivity index (χ2v) is 16.5. The third kappa shape index (κ3) is 11.0. The van der Waals surface area contributed by atoms with Crippen molar-refractivity contribution < 1.29 is 107 Å². The third-order valence-electron chi connectivity index (χ3n) is 10.2. The molecule has 1 aromatic heterocycles. The molecule has 4 N–H and O–H groups in total. The van der Waals surface area contributed by atoms with Gasteiger partial charge in [-0.2, -0.15) is 0 Å². The molecule has 3 atom stereocenters. The molecule has 2 aliphatic heterocycles. The summed E-state index contributed by atoms with van der Waals surface area (Å²) in [7, 11) is -5.29. The molecule has 5 aromatic rings. The minimum atomic E-state index is -4.28. The number of hydrogen-bond donors (Lipinski definition) is 1. The molecule has 2 aliphatic rings. The molecule has 3 heterocycles. The largest absolute Gasteiger partial charge is 1.00 e. The van der Waals surface area contributed by atoms with E-state index in [1.165, 1.54) is 52.2 Å². The smallest absolute Gasteiger partial charge is 0.870 e. The fourth-order valence-electron chi connectivity index (χ4n) is 7.51. The van der Waals surface area contributed by atoms with Gasteiger partial charge < -0.3 is 35.5 Å². The average Bonchev–Trinajstić information content (AvgIpc) is 3.62. The molecule has 62 heavy (non-hydrogen) atoms. The zero-order valence-corrected chi connectivity index (χ0v) is 40.8. The quantitative estimate of drug-likeness (QED) is 0.0577. The van der Waals surface area contributed by atoms with Gasteiger partial charge in [0, 0.05) is 48.2 Å². The van der Waals surface area contributed by atoms with E-state index < -0.39 is 43.2 Å². The molecular formula is C41H42ClN6Na2O10PS. The number of para-hydroxylation sites is 1. The number of hydrogen-bond acceptors (Lipinski definition) is 10. The van der Waals surface area contributed by atoms with Crippen molar-refractivity contribution >= 4 is 65.2 Å². The number of urea groups is 1. The topological polar surface area (TPSA) is 226 Å². The van der Waals surface area contributed by atoms with E-state index in [9.17, 15) is 32.5 Å². The SMILES string of the molecule is C=CCN1CC(=O)N2[C@@H](Cc3ccc(OP[O-])cc3)C(=O)N(Cc3cccc4c(C(C)=O)cn(S(=O)(=O)c5ccc(Cl)cc5)c34)C[C@@H]2N1C(=O)NCc1ccccc1.O.[Na+].[Na+].[OH-]. The first-order valence-corrected chi connectivity index (χ1v) is 20.9. The Morgan fingerprint density at radius 2 is 1.65 bits per heavy atom. The number of amides is 4. The molecule has 0 aliphatic carbocycles. The van der Waals surface area contributed by atoms with Crippen molar-refractivity contribution in [3.05, 3.63) is 143 Å². The van der Waals surface area contributed by atoms with Crippen LogP contribution in [-0.4, -0.2) is 98.6 Å². The van der Waals surface area contributed by atoms with Crippen LogP contribution in [0.5, 0.6) is 5.75 Å². The number of benzene rings is 4. The number of hydrazine groups is 1. The first-order valence-electron chi connectivity index (χ1n) is 18.3. The zero-order valence-electron chi connectivity index (χ0n) is 34.2. The van der Waals surface area contributed by atoms with Gasteiger partial charge in [-0.1, -0.05) is 78.3 Å². The Hall–Kier alpha value is -3.65. The van der Waals surface area contributed by atoms with Crippen molar-refractivity contribution in [2.45, 2.75) is 43.5 Å². The van der Waals surface area contributed by atoms with Crippen LogP contribution >= 0.6 is 20.6 Å². The summed E-state index contributed by atoms with van der Waals surface area (Å²) in [5.74, 6) is -0.809. The molecule has 4 aromatic carbocycles. The molecule has 0 spiro atoms. The van der Waals surface area contributed by atoms with Crippen LogP contribution in [0.15, 0.2) is 121 Å². The summed E-state index contributed by atoms with van der Waals surface area (Å²) < 4.78 is 34.6. The Balaban J connectivity index is 0.00000256. The minimum absolute atomic E-state index is 0. The van der Waals surface area contributed by atoms with Crippen molar-refractivity contribution in [3.63, 3.8) is 0 Å². The molecule has 0 saturated carbocycles. The summed E-state index contributed by atoms with van der Waals surface area (Å²) in [5.41, 5.74) is 2.31. The van der Waals surface area contributed by atoms with Crippen molar-refractivity contribution in [1.82, 2.24) is 29.1 Å². The normalized spacial score (nSPS) is 16.4. The van der Waals surface area contributed by atoms with Crippen LogP contribution in [-0.2, 0) is 39.1 Å². The number of nitrogens with zero attached hydrogens (tertiary/aromatic N) is 5. The maximum absolute atomic E-state index is 14.8. The molecular weight excluding hydrogens is 881 g/mol. The Kier molecular flexibility index (Phi) is 19.4. The van der Waals surface area contributed by atoms with Crippen LogP contribution < -0.4 is 73.8 Å². The maximum atomic E-state index is 14.8. The van der Waals surface area contributed by atoms with E-state index in [1.54, 1.807) is 53.5 Å². The van der Waals surface area contributed by atoms with Gasteiger partial charge >= 0.3 is 65.1 Å². The van der Waals surface area contributed by atoms with Gasteiger partial charge in [0.05, 0.1) is 23.5 Å². The fraction of sp³-hybridized carbons (Fsp3) is 0.220. The summed E-state index contributed by atoms with van der Waals surface area (Å²) in [5, 5.41) is 6.72. The maximum Gasteiger partial charge on any atom is 1.00 e. The number of fused-ring (bicyclic) bond motifs is 2. The van der Waals surface area contributed by atoms with Crippen molar-refractivity contribution in [1.29, 1.82) is 0 Å². The molecule has 316 valence electrons. The summed E-state index contributed by atoms with van der Waals surface area (Å²) in [6, 6.07) is 25.1. The van der Waals surface area contributed by atoms with E-state index in [0.29, 0.717) is 27.3 Å². The second kappa shape index (κ2) is 22.8. The number of rotatable bonds is 13. The third-order valence-corrected chi connectivity index (χ3v) is 12.4. The summed E-state index contributed by atoms with van der Waals surface area (Å²) in [6.07, 6.45) is 1.94. The molecule has 7 rings (SSSR count). The van der Waals surface area contributed by atoms with Crippen LogP contribution in [0.1, 0.15) is 34.0 Å². The van der Waals surface area contributed by atoms with E-state index in [0.717, 1.165) is 9.54 Å². The molecule has 4 amide bonds. The number of ketones is 1. The number of halogens is 1. The molecule has 16 nitrogen and oxygen atoms in total. The van der Waals surface area contributed by atoms with Gasteiger partial charge in [0.15, 0.2) is 5.78 Å². The number of carbonyl (C=O) groups is 4. The van der Waals surface area contributed by atoms with Gasteiger partial charge in [-0.05, 0) is 69.0 Å². The Labute approximate surface area is 410 Å². The molecule has 0 bridgehead atoms. The predicted octanol–water partition coefficient (Wildman–Crippen LogP) is -2.27. The van der Waals surface area contributed by atoms with E-state index in [-0.39, 0.29) is 137 Å². The molecule has 2 saturated heterocycles. The Morgan fingerprint density at radius 1 is 0.968 bits per heavy atom. The number of Topliss-reactive ketones (excluding diaryl/α,β-unsaturated/α-hetero) is 1. The summed E-state index contributed by atoms with van der Waals surface area (Å²) >= 11 is 6.08. The van der Waals surface area contributed by atoms with Gasteiger partial charge in [-0.25, -0.2) is 27.2 Å². The van der Waals surface area contributed by atoms with E-state index >= 15 is 0 Å². The number of carbonyl (C=O) groups excluding carboxylic acids is 4. The van der Waals surface area contributed by atoms with Crippen molar-refractivity contribution in [2.24, 2.45) is 0 Å². The number of piperazine rings is 1. The van der Waals surface area contributed by atoms with Crippen LogP contribution in [0.25, 0.3) is 10.9 Å². The monoisotopic (exact) mass is 922 g/mol. The first-order chi connectivity index (χ1) is 27.9. The van der Waals surface area contributed by atoms with Crippen LogP contribution in [0.4, 0.5) is 4.79 Å². The number of aromatic nitrogens is 1. The van der Waals surface area contributed by atoms with Crippen LogP contribution in [0.2, 0.25) is 5.02 Å². The fourth-order valence-corrected chi connectivity index (χ4v) is 9.27. The van der Waals surface area contributed by atoms with E-state index in [1.807, 2.05) is 30.3 Å². The number of nitrogens with one attached hydrogen (secondary N) is 1. The van der Waals surface area contributed by atoms with Crippen molar-refractivity contribution in [2.75, 3.05) is 19.6 Å². The van der Waals surface area contributed by atoms with E-state index in [4.69, 9.17) is 16.1 Å². The van der Waals surface area contributed by atoms with Gasteiger partial charge in [0.2, 0.25) is 11.8 Å². The minimum Gasteiger partial charge on any atom is -0.870 e. The van der Waals surface area contributed by atoms with Crippen molar-refractivity contribution in [3.8, 4) is 5.75 Å². The predicted molar refractivity (Wildman–Crippen MR) is 223 cm³/mol. The standard InChI is InChI=1S/C41H39ClN6O8PS.2Na.2H2O/c1-3-20-45-26-38(50)47-36(21-28-12-16-32(17-13-28)56-57-53)40(51)44(25-37(47)48(45)41(52)43-22-29-8-5-4-6-9-29)23-30-10-7-11-34-35(27(2)49)24-46(39(30)34)58(54,55)33-18-14-31(42)15-19-33;;;;/h3-19,24,36-37,57H,1,20-23,25-26H2,2H3,(H,43,52);;;2*1H2/q-1;2*+1;;/p-1/t36-,37-;;;;/m0..../s1. The first kappa shape index (κ1) is 52.7. The van der Waals surface area contributed by atoms with Crippen LogP contribution in [0, 0.1) is 0 Å². The molecule has 1 unspecified atom stereocenters. The Bertz CT molecular complexity index is 2500. The van der Waals surface area contributed by atoms with Gasteiger partial charge in [-0.3, -0.25) is 14.4 Å². The average molecular weight is 923 g/mol. The summed E-state index contributed by atoms with van der Waals surface area (Å²) in [4.78, 5) is 70.1. The second-order valence-electron chi connectivity index (χ2n) is 13.8. The van der Waals surface area contributed by atoms with Crippen LogP contribution in [0.3, 0.4) is 0 Å². The van der Waals surface area contributed by atoms with Gasteiger partial charge in [0.25, 0.3) is 10.0 Å². The Morgan fingerprint density at radius 3 is 2.27 bits per heavy atom. The van der Waals surface area contributed by atoms with Gasteiger partial charge in [-0.15, -0.1) is 6.58 Å². The summed E-state index contributed by atoms with van der Waals surface area (Å²) in [6.45, 7) is 5.06. The van der Waals surface area contributed by atoms with Gasteiger partial charge in [0.1, 0.15) is 18.0 Å².